The van der Waals surface area contributed by atoms with Gasteiger partial charge in [-0.25, -0.2) is 9.97 Å². The molecule has 2 aromatic heterocycles. The van der Waals surface area contributed by atoms with Gasteiger partial charge in [0, 0.05) is 17.8 Å². The first-order chi connectivity index (χ1) is 10.7. The number of anilines is 1. The first-order valence-corrected chi connectivity index (χ1v) is 8.53. The molecule has 0 radical (unpaired) electrons. The van der Waals surface area contributed by atoms with Crippen molar-refractivity contribution in [3.8, 4) is 0 Å². The summed E-state index contributed by atoms with van der Waals surface area (Å²) >= 11 is 7.45. The Morgan fingerprint density at radius 1 is 1.41 bits per heavy atom. The van der Waals surface area contributed by atoms with Crippen molar-refractivity contribution < 1.29 is 4.79 Å². The number of amides is 1. The molecule has 3 heterocycles. The Labute approximate surface area is 138 Å². The number of halogens is 1. The molecule has 0 unspecified atom stereocenters. The van der Waals surface area contributed by atoms with Crippen molar-refractivity contribution in [1.29, 1.82) is 0 Å². The smallest absolute Gasteiger partial charge is 0.239 e. The fraction of sp³-hybridized carbons (Fsp3) is 0.400. The number of rotatable bonds is 4. The number of pyridine rings is 1. The molecule has 1 fully saturated rings. The van der Waals surface area contributed by atoms with E-state index in [1.54, 1.807) is 23.5 Å². The number of thiazole rings is 1. The van der Waals surface area contributed by atoms with Gasteiger partial charge in [-0.3, -0.25) is 9.69 Å². The second-order valence-corrected chi connectivity index (χ2v) is 6.62. The van der Waals surface area contributed by atoms with Gasteiger partial charge in [0.05, 0.1) is 17.6 Å². The first kappa shape index (κ1) is 15.4. The van der Waals surface area contributed by atoms with E-state index in [0.29, 0.717) is 17.4 Å². The van der Waals surface area contributed by atoms with Gasteiger partial charge >= 0.3 is 0 Å². The number of likely N-dealkylation sites (tertiary alicyclic amines) is 1. The lowest BCUT2D eigenvalue weighted by Gasteiger charge is -2.33. The topological polar surface area (TPSA) is 58.1 Å². The maximum absolute atomic E-state index is 12.2. The highest BCUT2D eigenvalue weighted by Gasteiger charge is 2.27. The van der Waals surface area contributed by atoms with Crippen LogP contribution in [0.2, 0.25) is 5.02 Å². The van der Waals surface area contributed by atoms with E-state index >= 15 is 0 Å². The van der Waals surface area contributed by atoms with Crippen molar-refractivity contribution in [2.24, 2.45) is 0 Å². The van der Waals surface area contributed by atoms with Gasteiger partial charge in [0.15, 0.2) is 0 Å². The molecule has 116 valence electrons. The van der Waals surface area contributed by atoms with Crippen LogP contribution < -0.4 is 5.32 Å². The molecule has 0 spiro atoms. The van der Waals surface area contributed by atoms with E-state index in [2.05, 4.69) is 20.2 Å². The van der Waals surface area contributed by atoms with Gasteiger partial charge in [0.1, 0.15) is 10.8 Å². The van der Waals surface area contributed by atoms with Gasteiger partial charge in [-0.2, -0.15) is 0 Å². The molecule has 5 nitrogen and oxygen atoms in total. The van der Waals surface area contributed by atoms with Crippen LogP contribution in [0.4, 0.5) is 5.82 Å². The van der Waals surface area contributed by atoms with Gasteiger partial charge in [0.25, 0.3) is 0 Å². The molecule has 1 saturated heterocycles. The Kier molecular flexibility index (Phi) is 5.02. The number of hydrogen-bond donors (Lipinski definition) is 1. The lowest BCUT2D eigenvalue weighted by molar-refractivity contribution is -0.118. The zero-order valence-electron chi connectivity index (χ0n) is 12.0. The van der Waals surface area contributed by atoms with Gasteiger partial charge in [-0.15, -0.1) is 11.3 Å². The normalized spacial score (nSPS) is 19.0. The number of piperidine rings is 1. The molecule has 1 atom stereocenters. The molecular weight excluding hydrogens is 320 g/mol. The minimum absolute atomic E-state index is 0.0571. The van der Waals surface area contributed by atoms with Crippen molar-refractivity contribution in [3.63, 3.8) is 0 Å². The van der Waals surface area contributed by atoms with Crippen molar-refractivity contribution in [3.05, 3.63) is 39.9 Å². The van der Waals surface area contributed by atoms with E-state index in [1.165, 1.54) is 12.6 Å². The average molecular weight is 337 g/mol. The van der Waals surface area contributed by atoms with Crippen molar-refractivity contribution in [1.82, 2.24) is 14.9 Å². The van der Waals surface area contributed by atoms with Crippen LogP contribution in [0.15, 0.2) is 29.9 Å². The summed E-state index contributed by atoms with van der Waals surface area (Å²) < 4.78 is 0. The number of hydrogen-bond acceptors (Lipinski definition) is 5. The van der Waals surface area contributed by atoms with Gasteiger partial charge in [-0.05, 0) is 31.5 Å². The molecule has 0 aliphatic carbocycles. The van der Waals surface area contributed by atoms with Crippen LogP contribution >= 0.6 is 22.9 Å². The maximum atomic E-state index is 12.2. The summed E-state index contributed by atoms with van der Waals surface area (Å²) in [6.07, 6.45) is 6.70. The van der Waals surface area contributed by atoms with E-state index in [0.717, 1.165) is 24.4 Å². The Balaban J connectivity index is 1.62. The van der Waals surface area contributed by atoms with Crippen molar-refractivity contribution in [2.75, 3.05) is 18.4 Å². The van der Waals surface area contributed by atoms with E-state index in [1.807, 2.05) is 11.6 Å². The van der Waals surface area contributed by atoms with Crippen LogP contribution in [0.3, 0.4) is 0 Å². The largest absolute Gasteiger partial charge is 0.310 e. The van der Waals surface area contributed by atoms with E-state index in [4.69, 9.17) is 11.6 Å². The van der Waals surface area contributed by atoms with Crippen LogP contribution in [-0.2, 0) is 4.79 Å². The highest BCUT2D eigenvalue weighted by Crippen LogP contribution is 2.31. The predicted molar refractivity (Wildman–Crippen MR) is 88.2 cm³/mol. The van der Waals surface area contributed by atoms with Gasteiger partial charge in [-0.1, -0.05) is 18.0 Å². The Morgan fingerprint density at radius 3 is 3.05 bits per heavy atom. The van der Waals surface area contributed by atoms with E-state index < -0.39 is 0 Å². The summed E-state index contributed by atoms with van der Waals surface area (Å²) in [5.41, 5.74) is 0. The van der Waals surface area contributed by atoms with E-state index in [9.17, 15) is 4.79 Å². The molecule has 7 heteroatoms. The van der Waals surface area contributed by atoms with Crippen LogP contribution in [0, 0.1) is 0 Å². The highest BCUT2D eigenvalue weighted by atomic mass is 35.5. The summed E-state index contributed by atoms with van der Waals surface area (Å²) in [6.45, 7) is 1.28. The third-order valence-corrected chi connectivity index (χ3v) is 4.79. The summed E-state index contributed by atoms with van der Waals surface area (Å²) in [5.74, 6) is 0.468. The minimum atomic E-state index is -0.0571. The molecule has 0 aromatic carbocycles. The third kappa shape index (κ3) is 3.82. The summed E-state index contributed by atoms with van der Waals surface area (Å²) in [4.78, 5) is 22.9. The zero-order valence-corrected chi connectivity index (χ0v) is 13.6. The van der Waals surface area contributed by atoms with E-state index in [-0.39, 0.29) is 11.9 Å². The summed E-state index contributed by atoms with van der Waals surface area (Å²) in [5, 5.41) is 6.45. The molecule has 0 bridgehead atoms. The quantitative estimate of drug-likeness (QED) is 0.930. The van der Waals surface area contributed by atoms with Crippen LogP contribution in [0.1, 0.15) is 30.3 Å². The van der Waals surface area contributed by atoms with Crippen molar-refractivity contribution in [2.45, 2.75) is 25.3 Å². The Morgan fingerprint density at radius 2 is 2.32 bits per heavy atom. The molecule has 0 saturated carbocycles. The number of aromatic nitrogens is 2. The second-order valence-electron chi connectivity index (χ2n) is 5.26. The SMILES string of the molecule is O=C(CN1CCCC[C@@H]1c1nccs1)Nc1ccc(Cl)cn1. The summed E-state index contributed by atoms with van der Waals surface area (Å²) in [7, 11) is 0. The van der Waals surface area contributed by atoms with Gasteiger partial charge < -0.3 is 5.32 Å². The summed E-state index contributed by atoms with van der Waals surface area (Å²) in [6, 6.07) is 3.66. The molecule has 1 N–H and O–H groups in total. The fourth-order valence-electron chi connectivity index (χ4n) is 2.68. The number of nitrogens with one attached hydrogen (secondary N) is 1. The minimum Gasteiger partial charge on any atom is -0.310 e. The molecule has 1 aliphatic heterocycles. The average Bonchev–Trinajstić information content (AvgIpc) is 3.04. The number of nitrogens with zero attached hydrogens (tertiary/aromatic N) is 3. The van der Waals surface area contributed by atoms with Crippen LogP contribution in [-0.4, -0.2) is 33.9 Å². The zero-order chi connectivity index (χ0) is 15.4. The maximum Gasteiger partial charge on any atom is 0.239 e. The lowest BCUT2D eigenvalue weighted by atomic mass is 10.0. The molecule has 2 aromatic rings. The highest BCUT2D eigenvalue weighted by molar-refractivity contribution is 7.09. The fourth-order valence-corrected chi connectivity index (χ4v) is 3.59. The Bertz CT molecular complexity index is 617. The van der Waals surface area contributed by atoms with Crippen LogP contribution in [0.5, 0.6) is 0 Å². The molecule has 1 aliphatic rings. The number of carbonyl (C=O) groups excluding carboxylic acids is 1. The Hall–Kier alpha value is -1.50. The van der Waals surface area contributed by atoms with Crippen LogP contribution in [0.25, 0.3) is 0 Å². The molecule has 3 rings (SSSR count). The lowest BCUT2D eigenvalue weighted by Crippen LogP contribution is -2.39. The predicted octanol–water partition coefficient (Wildman–Crippen LogP) is 3.36. The molecular formula is C15H17ClN4OS. The van der Waals surface area contributed by atoms with Crippen molar-refractivity contribution >= 4 is 34.7 Å². The molecule has 22 heavy (non-hydrogen) atoms. The standard InChI is InChI=1S/C15H17ClN4OS/c16-11-4-5-13(18-9-11)19-14(21)10-20-7-2-1-3-12(20)15-17-6-8-22-15/h4-6,8-9,12H,1-3,7,10H2,(H,18,19,21)/t12-/m1/s1. The molecule has 1 amide bonds. The third-order valence-electron chi connectivity index (χ3n) is 3.69. The van der Waals surface area contributed by atoms with Gasteiger partial charge in [0.2, 0.25) is 5.91 Å². The first-order valence-electron chi connectivity index (χ1n) is 7.27. The number of carbonyl (C=O) groups is 1. The second kappa shape index (κ2) is 7.17. The monoisotopic (exact) mass is 336 g/mol.